The Morgan fingerprint density at radius 2 is 1.53 bits per heavy atom. The third-order valence-electron chi connectivity index (χ3n) is 4.49. The Bertz CT molecular complexity index is 588. The van der Waals surface area contributed by atoms with Gasteiger partial charge in [0.25, 0.3) is 0 Å². The summed E-state index contributed by atoms with van der Waals surface area (Å²) < 4.78 is 1.13. The highest BCUT2D eigenvalue weighted by Gasteiger charge is 2.40. The van der Waals surface area contributed by atoms with Crippen molar-refractivity contribution in [2.24, 2.45) is 0 Å². The minimum Gasteiger partial charge on any atom is -0.0843 e. The van der Waals surface area contributed by atoms with Gasteiger partial charge in [0.15, 0.2) is 0 Å². The number of benzene rings is 2. The van der Waals surface area contributed by atoms with Crippen LogP contribution in [0.15, 0.2) is 40.9 Å². The van der Waals surface area contributed by atoms with Crippen LogP contribution in [0.5, 0.6) is 0 Å². The van der Waals surface area contributed by atoms with Gasteiger partial charge in [-0.15, -0.1) is 0 Å². The molecule has 0 fully saturated rings. The van der Waals surface area contributed by atoms with E-state index >= 15 is 0 Å². The van der Waals surface area contributed by atoms with Gasteiger partial charge in [0.2, 0.25) is 0 Å². The predicted molar refractivity (Wildman–Crippen MR) is 86.0 cm³/mol. The third-order valence-corrected chi connectivity index (χ3v) is 5.22. The van der Waals surface area contributed by atoms with Crippen LogP contribution in [-0.2, 0) is 5.41 Å². The molecule has 0 spiro atoms. The summed E-state index contributed by atoms with van der Waals surface area (Å²) in [7, 11) is 0. The van der Waals surface area contributed by atoms with E-state index < -0.39 is 0 Å². The normalized spacial score (nSPS) is 15.2. The Hall–Kier alpha value is -0.790. The van der Waals surface area contributed by atoms with Gasteiger partial charge >= 0.3 is 0 Å². The first kappa shape index (κ1) is 13.2. The second kappa shape index (κ2) is 4.64. The maximum absolute atomic E-state index is 6.20. The van der Waals surface area contributed by atoms with Gasteiger partial charge in [-0.25, -0.2) is 0 Å². The second-order valence-electron chi connectivity index (χ2n) is 5.17. The van der Waals surface area contributed by atoms with Crippen molar-refractivity contribution in [3.63, 3.8) is 0 Å². The zero-order valence-corrected chi connectivity index (χ0v) is 13.5. The molecule has 3 rings (SSSR count). The molecule has 0 saturated heterocycles. The number of hydrogen-bond acceptors (Lipinski definition) is 0. The van der Waals surface area contributed by atoms with E-state index in [4.69, 9.17) is 11.6 Å². The summed E-state index contributed by atoms with van der Waals surface area (Å²) in [4.78, 5) is 0. The summed E-state index contributed by atoms with van der Waals surface area (Å²) in [6.07, 6.45) is 2.24. The van der Waals surface area contributed by atoms with E-state index in [9.17, 15) is 0 Å². The van der Waals surface area contributed by atoms with Crippen molar-refractivity contribution in [2.75, 3.05) is 0 Å². The van der Waals surface area contributed by atoms with Crippen molar-refractivity contribution in [3.8, 4) is 11.1 Å². The molecule has 0 amide bonds. The lowest BCUT2D eigenvalue weighted by Gasteiger charge is -2.29. The molecule has 1 aliphatic rings. The molecule has 1 aliphatic carbocycles. The van der Waals surface area contributed by atoms with Crippen LogP contribution in [0.2, 0.25) is 5.02 Å². The molecule has 19 heavy (non-hydrogen) atoms. The van der Waals surface area contributed by atoms with Crippen molar-refractivity contribution in [1.82, 2.24) is 0 Å². The quantitative estimate of drug-likeness (QED) is 0.614. The van der Waals surface area contributed by atoms with Gasteiger partial charge in [0.1, 0.15) is 0 Å². The standard InChI is InChI=1S/C17H16BrCl/c1-3-17(4-2)15-7-5-11(18)9-13(15)14-10-12(19)6-8-16(14)17/h5-10H,3-4H2,1-2H3. The largest absolute Gasteiger partial charge is 0.0843 e. The highest BCUT2D eigenvalue weighted by molar-refractivity contribution is 9.10. The zero-order valence-electron chi connectivity index (χ0n) is 11.1. The summed E-state index contributed by atoms with van der Waals surface area (Å²) in [5.41, 5.74) is 5.65. The number of fused-ring (bicyclic) bond motifs is 3. The molecular formula is C17H16BrCl. The Morgan fingerprint density at radius 3 is 2.16 bits per heavy atom. The Kier molecular flexibility index (Phi) is 3.23. The summed E-state index contributed by atoms with van der Waals surface area (Å²) in [6, 6.07) is 13.0. The molecule has 0 saturated carbocycles. The van der Waals surface area contributed by atoms with E-state index in [1.54, 1.807) is 0 Å². The molecule has 0 radical (unpaired) electrons. The number of hydrogen-bond donors (Lipinski definition) is 0. The fraction of sp³-hybridized carbons (Fsp3) is 0.294. The molecule has 0 heterocycles. The van der Waals surface area contributed by atoms with Crippen molar-refractivity contribution < 1.29 is 0 Å². The Labute approximate surface area is 127 Å². The average Bonchev–Trinajstić information content (AvgIpc) is 2.68. The van der Waals surface area contributed by atoms with Crippen LogP contribution in [0.1, 0.15) is 37.8 Å². The van der Waals surface area contributed by atoms with Crippen LogP contribution in [0.25, 0.3) is 11.1 Å². The molecule has 2 heteroatoms. The fourth-order valence-electron chi connectivity index (χ4n) is 3.47. The molecule has 0 nitrogen and oxygen atoms in total. The van der Waals surface area contributed by atoms with E-state index in [0.717, 1.165) is 22.3 Å². The van der Waals surface area contributed by atoms with Crippen molar-refractivity contribution in [1.29, 1.82) is 0 Å². The summed E-state index contributed by atoms with van der Waals surface area (Å²) in [5.74, 6) is 0. The van der Waals surface area contributed by atoms with Gasteiger partial charge in [-0.05, 0) is 59.4 Å². The topological polar surface area (TPSA) is 0 Å². The third kappa shape index (κ3) is 1.79. The van der Waals surface area contributed by atoms with E-state index in [-0.39, 0.29) is 5.41 Å². The summed E-state index contributed by atoms with van der Waals surface area (Å²) in [5, 5.41) is 0.813. The van der Waals surface area contributed by atoms with Crippen molar-refractivity contribution in [3.05, 3.63) is 57.0 Å². The lowest BCUT2D eigenvalue weighted by molar-refractivity contribution is 0.490. The number of halogens is 2. The monoisotopic (exact) mass is 334 g/mol. The van der Waals surface area contributed by atoms with Crippen LogP contribution >= 0.6 is 27.5 Å². The molecule has 98 valence electrons. The Balaban J connectivity index is 2.39. The number of rotatable bonds is 2. The minimum atomic E-state index is 0.149. The van der Waals surface area contributed by atoms with Gasteiger partial charge in [-0.3, -0.25) is 0 Å². The van der Waals surface area contributed by atoms with Gasteiger partial charge in [-0.1, -0.05) is 53.5 Å². The molecule has 0 unspecified atom stereocenters. The maximum Gasteiger partial charge on any atom is 0.0412 e. The van der Waals surface area contributed by atoms with Gasteiger partial charge in [0.05, 0.1) is 0 Å². The molecule has 0 atom stereocenters. The average molecular weight is 336 g/mol. The van der Waals surface area contributed by atoms with Crippen LogP contribution < -0.4 is 0 Å². The van der Waals surface area contributed by atoms with Gasteiger partial charge < -0.3 is 0 Å². The molecule has 0 aromatic heterocycles. The second-order valence-corrected chi connectivity index (χ2v) is 6.52. The zero-order chi connectivity index (χ0) is 13.6. The first-order valence-electron chi connectivity index (χ1n) is 6.73. The molecule has 0 N–H and O–H groups in total. The molecule has 2 aromatic rings. The van der Waals surface area contributed by atoms with E-state index in [1.165, 1.54) is 22.3 Å². The molecular weight excluding hydrogens is 320 g/mol. The van der Waals surface area contributed by atoms with Crippen LogP contribution in [-0.4, -0.2) is 0 Å². The van der Waals surface area contributed by atoms with Crippen molar-refractivity contribution in [2.45, 2.75) is 32.1 Å². The lowest BCUT2D eigenvalue weighted by atomic mass is 9.74. The van der Waals surface area contributed by atoms with Gasteiger partial charge in [0, 0.05) is 14.9 Å². The molecule has 2 aromatic carbocycles. The molecule has 0 bridgehead atoms. The van der Waals surface area contributed by atoms with Crippen molar-refractivity contribution >= 4 is 27.5 Å². The minimum absolute atomic E-state index is 0.149. The first-order valence-corrected chi connectivity index (χ1v) is 7.90. The van der Waals surface area contributed by atoms with E-state index in [1.807, 2.05) is 6.07 Å². The van der Waals surface area contributed by atoms with Gasteiger partial charge in [-0.2, -0.15) is 0 Å². The lowest BCUT2D eigenvalue weighted by Crippen LogP contribution is -2.22. The first-order chi connectivity index (χ1) is 9.12. The highest BCUT2D eigenvalue weighted by Crippen LogP contribution is 2.53. The van der Waals surface area contributed by atoms with Crippen LogP contribution in [0.4, 0.5) is 0 Å². The van der Waals surface area contributed by atoms with Crippen LogP contribution in [0.3, 0.4) is 0 Å². The van der Waals surface area contributed by atoms with E-state index in [2.05, 4.69) is 60.1 Å². The molecule has 0 aliphatic heterocycles. The van der Waals surface area contributed by atoms with E-state index in [0.29, 0.717) is 0 Å². The predicted octanol–water partition coefficient (Wildman–Crippen LogP) is 6.19. The smallest absolute Gasteiger partial charge is 0.0412 e. The van der Waals surface area contributed by atoms with Crippen LogP contribution in [0, 0.1) is 0 Å². The SMILES string of the molecule is CCC1(CC)c2ccc(Cl)cc2-c2cc(Br)ccc21. The summed E-state index contributed by atoms with van der Waals surface area (Å²) in [6.45, 7) is 4.55. The maximum atomic E-state index is 6.20. The fourth-order valence-corrected chi connectivity index (χ4v) is 4.00. The Morgan fingerprint density at radius 1 is 0.947 bits per heavy atom. The highest BCUT2D eigenvalue weighted by atomic mass is 79.9. The summed E-state index contributed by atoms with van der Waals surface area (Å²) >= 11 is 9.78.